The van der Waals surface area contributed by atoms with Gasteiger partial charge in [0, 0.05) is 5.88 Å². The van der Waals surface area contributed by atoms with Crippen molar-refractivity contribution in [1.82, 2.24) is 0 Å². The van der Waals surface area contributed by atoms with Crippen LogP contribution in [0.25, 0.3) is 0 Å². The van der Waals surface area contributed by atoms with Crippen LogP contribution in [0.4, 0.5) is 0 Å². The Labute approximate surface area is 102 Å². The molecular formula is C10H9BrCl2O. The summed E-state index contributed by atoms with van der Waals surface area (Å²) in [7, 11) is 0. The minimum Gasteiger partial charge on any atom is -0.301 e. The van der Waals surface area contributed by atoms with E-state index >= 15 is 0 Å². The zero-order chi connectivity index (χ0) is 10.6. The first-order chi connectivity index (χ1) is 6.65. The average molecular weight is 296 g/mol. The van der Waals surface area contributed by atoms with Crippen molar-refractivity contribution in [3.8, 4) is 0 Å². The number of halogens is 3. The van der Waals surface area contributed by atoms with E-state index in [0.29, 0.717) is 0 Å². The maximum absolute atomic E-state index is 11.0. The number of carbonyl (C=O) groups is 1. The van der Waals surface area contributed by atoms with E-state index in [1.165, 1.54) is 0 Å². The summed E-state index contributed by atoms with van der Waals surface area (Å²) in [5, 5.41) is -0.468. The summed E-state index contributed by atoms with van der Waals surface area (Å²) in [6.07, 6.45) is 0.780. The Kier molecular flexibility index (Phi) is 4.42. The Hall–Kier alpha value is -0.0500. The van der Waals surface area contributed by atoms with Gasteiger partial charge in [0.25, 0.3) is 0 Å². The van der Waals surface area contributed by atoms with Gasteiger partial charge in [0.2, 0.25) is 0 Å². The van der Waals surface area contributed by atoms with E-state index in [1.807, 2.05) is 30.3 Å². The second kappa shape index (κ2) is 5.15. The Bertz CT molecular complexity index is 304. The number of aldehydes is 1. The molecule has 76 valence electrons. The molecule has 1 aromatic rings. The monoisotopic (exact) mass is 294 g/mol. The molecule has 14 heavy (non-hydrogen) atoms. The molecule has 0 fully saturated rings. The second-order valence-electron chi connectivity index (χ2n) is 2.87. The maximum Gasteiger partial charge on any atom is 0.142 e. The van der Waals surface area contributed by atoms with Gasteiger partial charge in [0.15, 0.2) is 0 Å². The molecule has 0 radical (unpaired) electrons. The molecule has 1 nitrogen and oxygen atoms in total. The molecule has 2 unspecified atom stereocenters. The Balaban J connectivity index is 3.08. The zero-order valence-electron chi connectivity index (χ0n) is 7.29. The van der Waals surface area contributed by atoms with Crippen molar-refractivity contribution in [2.24, 2.45) is 0 Å². The lowest BCUT2D eigenvalue weighted by Crippen LogP contribution is -2.32. The molecule has 0 bridgehead atoms. The maximum atomic E-state index is 11.0. The van der Waals surface area contributed by atoms with Crippen LogP contribution in [0.5, 0.6) is 0 Å². The minimum absolute atomic E-state index is 0.209. The summed E-state index contributed by atoms with van der Waals surface area (Å²) in [6.45, 7) is 0. The predicted octanol–water partition coefficient (Wildman–Crippen LogP) is 3.32. The van der Waals surface area contributed by atoms with E-state index in [-0.39, 0.29) is 5.88 Å². The number of benzene rings is 1. The minimum atomic E-state index is -0.891. The lowest BCUT2D eigenvalue weighted by atomic mass is 9.97. The third kappa shape index (κ3) is 2.30. The van der Waals surface area contributed by atoms with Gasteiger partial charge in [-0.05, 0) is 5.56 Å². The molecule has 0 aliphatic rings. The Morgan fingerprint density at radius 2 is 2.00 bits per heavy atom. The van der Waals surface area contributed by atoms with Crippen molar-refractivity contribution in [2.45, 2.75) is 9.70 Å². The molecule has 0 amide bonds. The van der Waals surface area contributed by atoms with Gasteiger partial charge < -0.3 is 4.79 Å². The number of hydrogen-bond donors (Lipinski definition) is 0. The lowest BCUT2D eigenvalue weighted by molar-refractivity contribution is -0.109. The van der Waals surface area contributed by atoms with Gasteiger partial charge in [0.1, 0.15) is 10.6 Å². The fourth-order valence-electron chi connectivity index (χ4n) is 1.13. The van der Waals surface area contributed by atoms with Crippen molar-refractivity contribution in [2.75, 3.05) is 5.88 Å². The predicted molar refractivity (Wildman–Crippen MR) is 63.5 cm³/mol. The first-order valence-electron chi connectivity index (χ1n) is 4.06. The normalized spacial score (nSPS) is 17.1. The molecule has 0 spiro atoms. The smallest absolute Gasteiger partial charge is 0.142 e. The van der Waals surface area contributed by atoms with E-state index in [4.69, 9.17) is 23.2 Å². The Morgan fingerprint density at radius 3 is 2.43 bits per heavy atom. The summed E-state index contributed by atoms with van der Waals surface area (Å²) >= 11 is 15.0. The molecule has 0 N–H and O–H groups in total. The molecule has 0 aromatic heterocycles. The number of rotatable bonds is 4. The van der Waals surface area contributed by atoms with Crippen LogP contribution in [-0.2, 0) is 9.12 Å². The van der Waals surface area contributed by atoms with Crippen LogP contribution < -0.4 is 0 Å². The van der Waals surface area contributed by atoms with Crippen LogP contribution in [0.1, 0.15) is 5.56 Å². The van der Waals surface area contributed by atoms with Crippen LogP contribution in [0.3, 0.4) is 0 Å². The van der Waals surface area contributed by atoms with Crippen LogP contribution in [-0.4, -0.2) is 17.5 Å². The van der Waals surface area contributed by atoms with Crippen LogP contribution in [0.2, 0.25) is 0 Å². The van der Waals surface area contributed by atoms with Gasteiger partial charge >= 0.3 is 0 Å². The summed E-state index contributed by atoms with van der Waals surface area (Å²) in [6, 6.07) is 9.27. The molecule has 0 heterocycles. The molecule has 0 saturated heterocycles. The molecule has 4 heteroatoms. The van der Waals surface area contributed by atoms with E-state index in [9.17, 15) is 4.79 Å². The van der Waals surface area contributed by atoms with Crippen LogP contribution in [0, 0.1) is 0 Å². The fraction of sp³-hybridized carbons (Fsp3) is 0.300. The molecular weight excluding hydrogens is 287 g/mol. The van der Waals surface area contributed by atoms with E-state index in [2.05, 4.69) is 15.9 Å². The molecule has 1 rings (SSSR count). The third-order valence-corrected chi connectivity index (χ3v) is 4.41. The van der Waals surface area contributed by atoms with Crippen molar-refractivity contribution in [3.63, 3.8) is 0 Å². The summed E-state index contributed by atoms with van der Waals surface area (Å²) in [5.41, 5.74) is 0.815. The quantitative estimate of drug-likeness (QED) is 0.615. The van der Waals surface area contributed by atoms with E-state index < -0.39 is 9.70 Å². The van der Waals surface area contributed by atoms with Crippen molar-refractivity contribution < 1.29 is 4.79 Å². The third-order valence-electron chi connectivity index (χ3n) is 1.98. The first-order valence-corrected chi connectivity index (χ1v) is 5.82. The average Bonchev–Trinajstić information content (AvgIpc) is 2.28. The summed E-state index contributed by atoms with van der Waals surface area (Å²) < 4.78 is -0.891. The number of alkyl halides is 3. The largest absolute Gasteiger partial charge is 0.301 e. The van der Waals surface area contributed by atoms with Crippen molar-refractivity contribution in [3.05, 3.63) is 35.9 Å². The highest BCUT2D eigenvalue weighted by Crippen LogP contribution is 2.36. The summed E-state index contributed by atoms with van der Waals surface area (Å²) in [4.78, 5) is 11.0. The molecule has 0 aliphatic carbocycles. The molecule has 1 aromatic carbocycles. The summed E-state index contributed by atoms with van der Waals surface area (Å²) in [5.74, 6) is 0.209. The fourth-order valence-corrected chi connectivity index (χ4v) is 2.16. The SMILES string of the molecule is O=CC(Br)(c1ccccc1)C(Cl)CCl. The lowest BCUT2D eigenvalue weighted by Gasteiger charge is -2.25. The van der Waals surface area contributed by atoms with Gasteiger partial charge in [-0.2, -0.15) is 0 Å². The number of carbonyl (C=O) groups excluding carboxylic acids is 1. The topological polar surface area (TPSA) is 17.1 Å². The standard InChI is InChI=1S/C10H9BrCl2O/c11-10(7-14,9(13)6-12)8-4-2-1-3-5-8/h1-5,7,9H,6H2. The van der Waals surface area contributed by atoms with E-state index in [0.717, 1.165) is 11.8 Å². The highest BCUT2D eigenvalue weighted by Gasteiger charge is 2.36. The highest BCUT2D eigenvalue weighted by molar-refractivity contribution is 9.10. The van der Waals surface area contributed by atoms with Gasteiger partial charge in [-0.25, -0.2) is 0 Å². The Morgan fingerprint density at radius 1 is 1.43 bits per heavy atom. The molecule has 0 aliphatic heterocycles. The first kappa shape index (κ1) is 12.0. The zero-order valence-corrected chi connectivity index (χ0v) is 10.4. The number of hydrogen-bond acceptors (Lipinski definition) is 1. The van der Waals surface area contributed by atoms with Gasteiger partial charge in [-0.1, -0.05) is 46.3 Å². The van der Waals surface area contributed by atoms with Gasteiger partial charge in [-0.15, -0.1) is 23.2 Å². The molecule has 0 saturated carbocycles. The van der Waals surface area contributed by atoms with Gasteiger partial charge in [-0.3, -0.25) is 0 Å². The van der Waals surface area contributed by atoms with Crippen molar-refractivity contribution >= 4 is 45.4 Å². The van der Waals surface area contributed by atoms with Gasteiger partial charge in [0.05, 0.1) is 5.38 Å². The van der Waals surface area contributed by atoms with Crippen LogP contribution in [0.15, 0.2) is 30.3 Å². The molecule has 2 atom stereocenters. The van der Waals surface area contributed by atoms with Crippen LogP contribution >= 0.6 is 39.1 Å². The second-order valence-corrected chi connectivity index (χ2v) is 5.02. The van der Waals surface area contributed by atoms with Crippen molar-refractivity contribution in [1.29, 1.82) is 0 Å². The van der Waals surface area contributed by atoms with E-state index in [1.54, 1.807) is 0 Å². The highest BCUT2D eigenvalue weighted by atomic mass is 79.9.